The monoisotopic (exact) mass is 224 g/mol. The number of hydrogen-bond donors (Lipinski definition) is 0. The van der Waals surface area contributed by atoms with Gasteiger partial charge in [-0.05, 0) is 39.5 Å². The molecule has 0 aliphatic rings. The van der Waals surface area contributed by atoms with Crippen LogP contribution in [0.3, 0.4) is 0 Å². The third-order valence-corrected chi connectivity index (χ3v) is 3.19. The first-order valence-electron chi connectivity index (χ1n) is 6.25. The molecule has 0 heterocycles. The number of methoxy groups -OCH3 is 1. The Kier molecular flexibility index (Phi) is 7.40. The fourth-order valence-corrected chi connectivity index (χ4v) is 1.57. The van der Waals surface area contributed by atoms with Gasteiger partial charge in [0.05, 0.1) is 5.60 Å². The molecule has 0 amide bonds. The molecule has 0 bridgehead atoms. The van der Waals surface area contributed by atoms with Crippen molar-refractivity contribution in [2.24, 2.45) is 5.92 Å². The van der Waals surface area contributed by atoms with Gasteiger partial charge >= 0.3 is 0 Å². The second-order valence-electron chi connectivity index (χ2n) is 5.35. The van der Waals surface area contributed by atoms with Gasteiger partial charge in [-0.25, -0.2) is 0 Å². The zero-order valence-corrected chi connectivity index (χ0v) is 11.7. The van der Waals surface area contributed by atoms with E-state index in [1.807, 2.05) is 6.08 Å². The van der Waals surface area contributed by atoms with Crippen molar-refractivity contribution >= 4 is 0 Å². The van der Waals surface area contributed by atoms with Crippen molar-refractivity contribution in [2.75, 3.05) is 7.11 Å². The predicted molar refractivity (Wildman–Crippen MR) is 72.7 cm³/mol. The summed E-state index contributed by atoms with van der Waals surface area (Å²) in [7, 11) is 1.79. The second-order valence-corrected chi connectivity index (χ2v) is 5.35. The molecule has 0 saturated heterocycles. The minimum absolute atomic E-state index is 0.0343. The lowest BCUT2D eigenvalue weighted by atomic mass is 9.94. The maximum Gasteiger partial charge on any atom is 0.0622 e. The zero-order valence-electron chi connectivity index (χ0n) is 11.7. The molecule has 0 spiro atoms. The van der Waals surface area contributed by atoms with E-state index in [0.717, 1.165) is 18.8 Å². The van der Waals surface area contributed by atoms with Crippen LogP contribution >= 0.6 is 0 Å². The van der Waals surface area contributed by atoms with Crippen LogP contribution in [0.5, 0.6) is 0 Å². The quantitative estimate of drug-likeness (QED) is 0.541. The van der Waals surface area contributed by atoms with E-state index < -0.39 is 0 Å². The molecule has 0 aromatic heterocycles. The summed E-state index contributed by atoms with van der Waals surface area (Å²) in [4.78, 5) is 0. The molecule has 0 rings (SSSR count). The van der Waals surface area contributed by atoms with Gasteiger partial charge in [-0.2, -0.15) is 0 Å². The highest BCUT2D eigenvalue weighted by atomic mass is 16.5. The fraction of sp³-hybridized carbons (Fsp3) is 0.733. The first-order chi connectivity index (χ1) is 7.41. The zero-order chi connectivity index (χ0) is 12.6. The van der Waals surface area contributed by atoms with Gasteiger partial charge in [0.15, 0.2) is 0 Å². The summed E-state index contributed by atoms with van der Waals surface area (Å²) in [5.41, 5.74) is 1.32. The molecular weight excluding hydrogens is 196 g/mol. The van der Waals surface area contributed by atoms with Crippen LogP contribution in [0.1, 0.15) is 53.4 Å². The number of rotatable bonds is 8. The van der Waals surface area contributed by atoms with Crippen LogP contribution in [-0.4, -0.2) is 12.7 Å². The average molecular weight is 224 g/mol. The maximum absolute atomic E-state index is 5.41. The Morgan fingerprint density at radius 3 is 2.56 bits per heavy atom. The van der Waals surface area contributed by atoms with Crippen LogP contribution in [-0.2, 0) is 4.74 Å². The average Bonchev–Trinajstić information content (AvgIpc) is 2.25. The van der Waals surface area contributed by atoms with Crippen LogP contribution in [0.15, 0.2) is 24.3 Å². The summed E-state index contributed by atoms with van der Waals surface area (Å²) in [6, 6.07) is 0. The molecule has 0 N–H and O–H groups in total. The number of hydrogen-bond acceptors (Lipinski definition) is 1. The molecule has 1 atom stereocenters. The van der Waals surface area contributed by atoms with Crippen molar-refractivity contribution in [3.05, 3.63) is 24.3 Å². The molecule has 0 aromatic rings. The van der Waals surface area contributed by atoms with E-state index in [1.54, 1.807) is 7.11 Å². The first kappa shape index (κ1) is 15.4. The molecule has 0 aliphatic carbocycles. The third kappa shape index (κ3) is 7.70. The van der Waals surface area contributed by atoms with Crippen LogP contribution in [0.25, 0.3) is 0 Å². The largest absolute Gasteiger partial charge is 0.379 e. The normalized spacial score (nSPS) is 14.9. The summed E-state index contributed by atoms with van der Waals surface area (Å²) in [6.07, 6.45) is 9.00. The summed E-state index contributed by atoms with van der Waals surface area (Å²) < 4.78 is 5.41. The highest BCUT2D eigenvalue weighted by Gasteiger charge is 2.15. The van der Waals surface area contributed by atoms with E-state index >= 15 is 0 Å². The second kappa shape index (κ2) is 7.67. The predicted octanol–water partition coefficient (Wildman–Crippen LogP) is 4.74. The molecule has 1 nitrogen and oxygen atoms in total. The molecule has 0 fully saturated rings. The molecule has 16 heavy (non-hydrogen) atoms. The summed E-state index contributed by atoms with van der Waals surface area (Å²) in [6.45, 7) is 12.5. The molecule has 0 radical (unpaired) electrons. The molecule has 0 aromatic carbocycles. The van der Waals surface area contributed by atoms with Crippen LogP contribution < -0.4 is 0 Å². The lowest BCUT2D eigenvalue weighted by molar-refractivity contribution is 0.0128. The van der Waals surface area contributed by atoms with E-state index in [4.69, 9.17) is 4.74 Å². The smallest absolute Gasteiger partial charge is 0.0622 e. The first-order valence-corrected chi connectivity index (χ1v) is 6.25. The Hall–Kier alpha value is -0.560. The topological polar surface area (TPSA) is 9.23 Å². The molecule has 0 saturated carbocycles. The van der Waals surface area contributed by atoms with E-state index in [0.29, 0.717) is 0 Å². The highest BCUT2D eigenvalue weighted by molar-refractivity contribution is 5.12. The maximum atomic E-state index is 5.41. The Labute approximate surface area is 102 Å². The Morgan fingerprint density at radius 1 is 1.44 bits per heavy atom. The van der Waals surface area contributed by atoms with Crippen LogP contribution in [0, 0.1) is 5.92 Å². The van der Waals surface area contributed by atoms with E-state index in [-0.39, 0.29) is 5.60 Å². The van der Waals surface area contributed by atoms with Gasteiger partial charge in [0.1, 0.15) is 0 Å². The number of ether oxygens (including phenoxy) is 1. The van der Waals surface area contributed by atoms with Gasteiger partial charge in [-0.1, -0.05) is 44.1 Å². The van der Waals surface area contributed by atoms with Gasteiger partial charge in [0.2, 0.25) is 0 Å². The molecule has 1 unspecified atom stereocenters. The third-order valence-electron chi connectivity index (χ3n) is 3.19. The van der Waals surface area contributed by atoms with Crippen molar-refractivity contribution in [2.45, 2.75) is 59.0 Å². The van der Waals surface area contributed by atoms with Crippen molar-refractivity contribution in [3.8, 4) is 0 Å². The highest BCUT2D eigenvalue weighted by Crippen LogP contribution is 2.20. The Balaban J connectivity index is 3.74. The minimum Gasteiger partial charge on any atom is -0.379 e. The van der Waals surface area contributed by atoms with Gasteiger partial charge in [-0.15, -0.1) is 0 Å². The van der Waals surface area contributed by atoms with Crippen LogP contribution in [0.4, 0.5) is 0 Å². The lowest BCUT2D eigenvalue weighted by Crippen LogP contribution is -2.22. The summed E-state index contributed by atoms with van der Waals surface area (Å²) >= 11 is 0. The molecule has 1 heteroatoms. The van der Waals surface area contributed by atoms with Crippen molar-refractivity contribution in [3.63, 3.8) is 0 Å². The van der Waals surface area contributed by atoms with Crippen molar-refractivity contribution in [1.29, 1.82) is 0 Å². The molecular formula is C15H28O. The SMILES string of the molecule is C=C/C(C)=C/CC(C)CCCC(C)(C)OC. The van der Waals surface area contributed by atoms with Crippen LogP contribution in [0.2, 0.25) is 0 Å². The van der Waals surface area contributed by atoms with E-state index in [9.17, 15) is 0 Å². The fourth-order valence-electron chi connectivity index (χ4n) is 1.57. The van der Waals surface area contributed by atoms with E-state index in [1.165, 1.54) is 18.4 Å². The van der Waals surface area contributed by atoms with Gasteiger partial charge in [0, 0.05) is 7.11 Å². The van der Waals surface area contributed by atoms with Gasteiger partial charge in [0.25, 0.3) is 0 Å². The Bertz CT molecular complexity index is 226. The minimum atomic E-state index is 0.0343. The van der Waals surface area contributed by atoms with E-state index in [2.05, 4.69) is 40.3 Å². The molecule has 0 aliphatic heterocycles. The van der Waals surface area contributed by atoms with Gasteiger partial charge in [-0.3, -0.25) is 0 Å². The molecule has 94 valence electrons. The van der Waals surface area contributed by atoms with Crippen molar-refractivity contribution in [1.82, 2.24) is 0 Å². The lowest BCUT2D eigenvalue weighted by Gasteiger charge is -2.23. The summed E-state index contributed by atoms with van der Waals surface area (Å²) in [5, 5.41) is 0. The standard InChI is InChI=1S/C15H28O/c1-7-13(2)10-11-14(3)9-8-12-15(4,5)16-6/h7,10,14H,1,8-9,11-12H2,2-6H3/b13-10+. The summed E-state index contributed by atoms with van der Waals surface area (Å²) in [5.74, 6) is 0.752. The van der Waals surface area contributed by atoms with Gasteiger partial charge < -0.3 is 4.74 Å². The Morgan fingerprint density at radius 2 is 2.06 bits per heavy atom. The van der Waals surface area contributed by atoms with Crippen molar-refractivity contribution < 1.29 is 4.74 Å². The number of allylic oxidation sites excluding steroid dienone is 3.